The molecule has 0 aromatic heterocycles. The van der Waals surface area contributed by atoms with Gasteiger partial charge in [0, 0.05) is 6.54 Å². The lowest BCUT2D eigenvalue weighted by molar-refractivity contribution is -0.0136. The summed E-state index contributed by atoms with van der Waals surface area (Å²) in [7, 11) is 0. The molecule has 6 nitrogen and oxygen atoms in total. The van der Waals surface area contributed by atoms with Crippen molar-refractivity contribution in [3.63, 3.8) is 0 Å². The van der Waals surface area contributed by atoms with Gasteiger partial charge in [-0.15, -0.1) is 0 Å². The summed E-state index contributed by atoms with van der Waals surface area (Å²) in [6.07, 6.45) is -0.524. The van der Waals surface area contributed by atoms with Crippen molar-refractivity contribution >= 4 is 11.7 Å². The second-order valence-corrected chi connectivity index (χ2v) is 6.24. The van der Waals surface area contributed by atoms with E-state index in [-0.39, 0.29) is 12.6 Å². The molecule has 142 valence electrons. The van der Waals surface area contributed by atoms with Gasteiger partial charge in [-0.3, -0.25) is 0 Å². The van der Waals surface area contributed by atoms with Gasteiger partial charge in [-0.25, -0.2) is 13.6 Å². The van der Waals surface area contributed by atoms with Gasteiger partial charge in [0.05, 0.1) is 18.8 Å². The monoisotopic (exact) mass is 376 g/mol. The van der Waals surface area contributed by atoms with Crippen LogP contribution in [0.1, 0.15) is 11.7 Å². The fourth-order valence-electron chi connectivity index (χ4n) is 3.11. The summed E-state index contributed by atoms with van der Waals surface area (Å²) >= 11 is 0. The van der Waals surface area contributed by atoms with E-state index in [9.17, 15) is 13.6 Å². The number of urea groups is 1. The van der Waals surface area contributed by atoms with Crippen molar-refractivity contribution in [2.75, 3.05) is 38.2 Å². The Hall–Kier alpha value is -2.87. The van der Waals surface area contributed by atoms with Crippen LogP contribution >= 0.6 is 0 Å². The summed E-state index contributed by atoms with van der Waals surface area (Å²) in [5.41, 5.74) is 1.01. The third-order valence-corrected chi connectivity index (χ3v) is 4.48. The summed E-state index contributed by atoms with van der Waals surface area (Å²) in [6, 6.07) is 8.57. The van der Waals surface area contributed by atoms with E-state index in [0.29, 0.717) is 49.1 Å². The number of ether oxygens (including phenoxy) is 3. The molecule has 2 aliphatic heterocycles. The molecule has 2 heterocycles. The fourth-order valence-corrected chi connectivity index (χ4v) is 3.11. The first-order valence-electron chi connectivity index (χ1n) is 8.63. The number of morpholine rings is 1. The number of benzene rings is 2. The van der Waals surface area contributed by atoms with E-state index in [2.05, 4.69) is 5.32 Å². The Bertz CT molecular complexity index is 862. The zero-order chi connectivity index (χ0) is 18.8. The Morgan fingerprint density at radius 3 is 2.78 bits per heavy atom. The number of halogens is 2. The van der Waals surface area contributed by atoms with Gasteiger partial charge in [0.15, 0.2) is 23.1 Å². The van der Waals surface area contributed by atoms with Crippen molar-refractivity contribution in [3.8, 4) is 11.5 Å². The smallest absolute Gasteiger partial charge is 0.322 e. The first kappa shape index (κ1) is 17.5. The summed E-state index contributed by atoms with van der Waals surface area (Å²) in [5, 5.41) is 2.82. The quantitative estimate of drug-likeness (QED) is 0.873. The lowest BCUT2D eigenvalue weighted by Crippen LogP contribution is -2.44. The van der Waals surface area contributed by atoms with Crippen LogP contribution in [0.2, 0.25) is 0 Å². The van der Waals surface area contributed by atoms with Crippen molar-refractivity contribution in [1.82, 2.24) is 4.90 Å². The molecule has 0 aliphatic carbocycles. The normalized spacial score (nSPS) is 18.9. The first-order chi connectivity index (χ1) is 13.1. The third kappa shape index (κ3) is 3.66. The van der Waals surface area contributed by atoms with E-state index in [1.807, 2.05) is 0 Å². The number of nitrogens with one attached hydrogen (secondary N) is 1. The molecule has 2 aromatic rings. The van der Waals surface area contributed by atoms with Crippen LogP contribution in [0, 0.1) is 11.6 Å². The molecular formula is C19H18F2N2O4. The number of rotatable bonds is 2. The molecule has 27 heavy (non-hydrogen) atoms. The fraction of sp³-hybridized carbons (Fsp3) is 0.316. The maximum atomic E-state index is 13.5. The van der Waals surface area contributed by atoms with Crippen LogP contribution in [0.5, 0.6) is 11.5 Å². The second kappa shape index (κ2) is 7.40. The molecule has 4 rings (SSSR count). The maximum Gasteiger partial charge on any atom is 0.322 e. The molecule has 2 aromatic carbocycles. The number of hydrogen-bond acceptors (Lipinski definition) is 4. The molecule has 8 heteroatoms. The molecule has 0 bridgehead atoms. The van der Waals surface area contributed by atoms with Crippen molar-refractivity contribution in [2.24, 2.45) is 0 Å². The minimum atomic E-state index is -0.939. The van der Waals surface area contributed by atoms with Gasteiger partial charge >= 0.3 is 6.03 Å². The number of nitrogens with zero attached hydrogens (tertiary/aromatic N) is 1. The molecule has 2 aliphatic rings. The molecule has 1 atom stereocenters. The van der Waals surface area contributed by atoms with Crippen molar-refractivity contribution in [2.45, 2.75) is 6.10 Å². The van der Waals surface area contributed by atoms with Crippen molar-refractivity contribution in [1.29, 1.82) is 0 Å². The molecule has 0 saturated carbocycles. The average molecular weight is 376 g/mol. The number of anilines is 1. The summed E-state index contributed by atoms with van der Waals surface area (Å²) < 4.78 is 43.4. The van der Waals surface area contributed by atoms with Gasteiger partial charge in [0.2, 0.25) is 0 Å². The van der Waals surface area contributed by atoms with Gasteiger partial charge in [0.1, 0.15) is 19.3 Å². The van der Waals surface area contributed by atoms with Crippen LogP contribution in [0.3, 0.4) is 0 Å². The van der Waals surface area contributed by atoms with Crippen LogP contribution in [-0.2, 0) is 4.74 Å². The first-order valence-corrected chi connectivity index (χ1v) is 8.63. The Morgan fingerprint density at radius 1 is 1.07 bits per heavy atom. The largest absolute Gasteiger partial charge is 0.486 e. The zero-order valence-electron chi connectivity index (χ0n) is 14.4. The highest BCUT2D eigenvalue weighted by Gasteiger charge is 2.27. The maximum absolute atomic E-state index is 13.5. The van der Waals surface area contributed by atoms with E-state index in [1.165, 1.54) is 6.07 Å². The minimum Gasteiger partial charge on any atom is -0.486 e. The Morgan fingerprint density at radius 2 is 1.93 bits per heavy atom. The third-order valence-electron chi connectivity index (χ3n) is 4.48. The van der Waals surface area contributed by atoms with Crippen molar-refractivity contribution < 1.29 is 27.8 Å². The lowest BCUT2D eigenvalue weighted by Gasteiger charge is -2.33. The Labute approximate surface area is 154 Å². The van der Waals surface area contributed by atoms with E-state index in [0.717, 1.165) is 12.1 Å². The second-order valence-electron chi connectivity index (χ2n) is 6.24. The number of hydrogen-bond donors (Lipinski definition) is 1. The van der Waals surface area contributed by atoms with E-state index in [1.54, 1.807) is 23.1 Å². The standard InChI is InChI=1S/C19H18F2N2O4/c20-13-5-4-12(10-14(13)21)17-11-23(6-7-25-17)19(24)22-15-2-1-3-16-18(15)27-9-8-26-16/h1-5,10,17H,6-9,11H2,(H,22,24). The van der Waals surface area contributed by atoms with Crippen LogP contribution < -0.4 is 14.8 Å². The molecular weight excluding hydrogens is 358 g/mol. The predicted molar refractivity (Wildman–Crippen MR) is 93.1 cm³/mol. The van der Waals surface area contributed by atoms with Crippen molar-refractivity contribution in [3.05, 3.63) is 53.6 Å². The van der Waals surface area contributed by atoms with Crippen LogP contribution in [0.4, 0.5) is 19.3 Å². The molecule has 1 fully saturated rings. The number of para-hydroxylation sites is 1. The Balaban J connectivity index is 1.47. The number of fused-ring (bicyclic) bond motifs is 1. The van der Waals surface area contributed by atoms with Gasteiger partial charge in [0.25, 0.3) is 0 Å². The lowest BCUT2D eigenvalue weighted by atomic mass is 10.1. The highest BCUT2D eigenvalue weighted by Crippen LogP contribution is 2.37. The topological polar surface area (TPSA) is 60.0 Å². The van der Waals surface area contributed by atoms with Gasteiger partial charge in [-0.2, -0.15) is 0 Å². The van der Waals surface area contributed by atoms with E-state index < -0.39 is 17.7 Å². The van der Waals surface area contributed by atoms with Crippen LogP contribution in [0.15, 0.2) is 36.4 Å². The highest BCUT2D eigenvalue weighted by molar-refractivity contribution is 5.91. The zero-order valence-corrected chi connectivity index (χ0v) is 14.4. The molecule has 1 unspecified atom stereocenters. The van der Waals surface area contributed by atoms with Gasteiger partial charge < -0.3 is 24.4 Å². The molecule has 0 spiro atoms. The number of amides is 2. The minimum absolute atomic E-state index is 0.225. The van der Waals surface area contributed by atoms with Gasteiger partial charge in [-0.1, -0.05) is 12.1 Å². The molecule has 1 saturated heterocycles. The predicted octanol–water partition coefficient (Wildman–Crippen LogP) is 3.34. The van der Waals surface area contributed by atoms with Crippen LogP contribution in [-0.4, -0.2) is 43.8 Å². The average Bonchev–Trinajstić information content (AvgIpc) is 2.70. The molecule has 2 amide bonds. The number of carbonyl (C=O) groups is 1. The molecule has 0 radical (unpaired) electrons. The van der Waals surface area contributed by atoms with E-state index in [4.69, 9.17) is 14.2 Å². The SMILES string of the molecule is O=C(Nc1cccc2c1OCCO2)N1CCOC(c2ccc(F)c(F)c2)C1. The van der Waals surface area contributed by atoms with E-state index >= 15 is 0 Å². The Kier molecular flexibility index (Phi) is 4.81. The van der Waals surface area contributed by atoms with Crippen LogP contribution in [0.25, 0.3) is 0 Å². The summed E-state index contributed by atoms with van der Waals surface area (Å²) in [5.74, 6) is -0.769. The van der Waals surface area contributed by atoms with Gasteiger partial charge in [-0.05, 0) is 29.8 Å². The summed E-state index contributed by atoms with van der Waals surface area (Å²) in [4.78, 5) is 14.2. The highest BCUT2D eigenvalue weighted by atomic mass is 19.2. The summed E-state index contributed by atoms with van der Waals surface area (Å²) in [6.45, 7) is 1.78. The number of carbonyl (C=O) groups excluding carboxylic acids is 1. The molecule has 1 N–H and O–H groups in total.